The molecule has 1 amide bonds. The summed E-state index contributed by atoms with van der Waals surface area (Å²) in [7, 11) is 0. The van der Waals surface area contributed by atoms with Gasteiger partial charge >= 0.3 is 5.97 Å². The Morgan fingerprint density at radius 1 is 0.975 bits per heavy atom. The number of fused-ring (bicyclic) bond motifs is 1. The van der Waals surface area contributed by atoms with E-state index in [0.29, 0.717) is 33.2 Å². The first-order valence-corrected chi connectivity index (χ1v) is 14.3. The van der Waals surface area contributed by atoms with Crippen molar-refractivity contribution in [2.75, 3.05) is 0 Å². The zero-order chi connectivity index (χ0) is 28.2. The molecule has 0 atom stereocenters. The molecule has 0 radical (unpaired) electrons. The van der Waals surface area contributed by atoms with Gasteiger partial charge in [-0.2, -0.15) is 5.10 Å². The van der Waals surface area contributed by atoms with Gasteiger partial charge in [-0.05, 0) is 60.5 Å². The lowest BCUT2D eigenvalue weighted by molar-refractivity contribution is 0.0734. The van der Waals surface area contributed by atoms with Crippen LogP contribution in [0.2, 0.25) is 5.02 Å². The number of aryl methyl sites for hydroxylation is 1. The van der Waals surface area contributed by atoms with Crippen molar-refractivity contribution in [3.8, 4) is 16.9 Å². The highest BCUT2D eigenvalue weighted by molar-refractivity contribution is 9.10. The number of aromatic nitrogens is 1. The van der Waals surface area contributed by atoms with Crippen molar-refractivity contribution in [2.45, 2.75) is 13.3 Å². The number of esters is 1. The molecule has 2 N–H and O–H groups in total. The summed E-state index contributed by atoms with van der Waals surface area (Å²) >= 11 is 13.3. The van der Waals surface area contributed by atoms with Crippen LogP contribution in [-0.4, -0.2) is 23.1 Å². The van der Waals surface area contributed by atoms with Crippen molar-refractivity contribution in [1.82, 2.24) is 10.4 Å². The fourth-order valence-corrected chi connectivity index (χ4v) is 5.23. The number of hydrazone groups is 1. The van der Waals surface area contributed by atoms with Crippen LogP contribution in [0.3, 0.4) is 0 Å². The summed E-state index contributed by atoms with van der Waals surface area (Å²) in [6.45, 7) is 2.06. The summed E-state index contributed by atoms with van der Waals surface area (Å²) in [5.74, 6) is -0.653. The maximum absolute atomic E-state index is 13.5. The third kappa shape index (κ3) is 5.89. The number of benzene rings is 4. The second kappa shape index (κ2) is 12.2. The number of hydrogen-bond acceptors (Lipinski definition) is 4. The Labute approximate surface area is 252 Å². The van der Waals surface area contributed by atoms with Crippen LogP contribution in [0.4, 0.5) is 0 Å². The van der Waals surface area contributed by atoms with Gasteiger partial charge in [-0.3, -0.25) is 4.79 Å². The first-order valence-electron chi connectivity index (χ1n) is 12.3. The first kappa shape index (κ1) is 27.8. The number of rotatable bonds is 7. The molecule has 0 unspecified atom stereocenters. The molecule has 0 aliphatic rings. The minimum Gasteiger partial charge on any atom is -0.422 e. The van der Waals surface area contributed by atoms with Crippen molar-refractivity contribution in [2.24, 2.45) is 5.10 Å². The Hall–Kier alpha value is -3.72. The van der Waals surface area contributed by atoms with E-state index in [0.717, 1.165) is 37.4 Å². The monoisotopic (exact) mass is 677 g/mol. The van der Waals surface area contributed by atoms with Crippen molar-refractivity contribution in [3.05, 3.63) is 121 Å². The highest BCUT2D eigenvalue weighted by atomic mass is 79.9. The average molecular weight is 680 g/mol. The third-order valence-electron chi connectivity index (χ3n) is 6.30. The van der Waals surface area contributed by atoms with Crippen LogP contribution in [0, 0.1) is 0 Å². The molecule has 0 saturated carbocycles. The zero-order valence-corrected chi connectivity index (χ0v) is 25.1. The summed E-state index contributed by atoms with van der Waals surface area (Å²) < 4.78 is 7.24. The van der Waals surface area contributed by atoms with Crippen LogP contribution in [-0.2, 0) is 6.42 Å². The van der Waals surface area contributed by atoms with Crippen molar-refractivity contribution in [3.63, 3.8) is 0 Å². The van der Waals surface area contributed by atoms with Crippen LogP contribution in [0.1, 0.15) is 38.9 Å². The quantitative estimate of drug-likeness (QED) is 0.0783. The number of amides is 1. The van der Waals surface area contributed by atoms with Gasteiger partial charge in [0.2, 0.25) is 0 Å². The van der Waals surface area contributed by atoms with E-state index in [1.807, 2.05) is 36.4 Å². The van der Waals surface area contributed by atoms with E-state index in [1.54, 1.807) is 48.5 Å². The SMILES string of the molecule is CCc1cccc2c(-c3ccccc3Cl)c(C(=O)NN=Cc3cc(Br)ccc3OC(=O)c3ccc(Br)cc3)[nH]c12. The molecule has 200 valence electrons. The first-order chi connectivity index (χ1) is 19.4. The molecule has 0 aliphatic heterocycles. The number of aromatic amines is 1. The Morgan fingerprint density at radius 3 is 2.48 bits per heavy atom. The number of ether oxygens (including phenoxy) is 1. The number of hydrogen-bond donors (Lipinski definition) is 2. The highest BCUT2D eigenvalue weighted by Crippen LogP contribution is 2.37. The predicted molar refractivity (Wildman–Crippen MR) is 166 cm³/mol. The molecule has 0 saturated heterocycles. The summed E-state index contributed by atoms with van der Waals surface area (Å²) in [6.07, 6.45) is 2.23. The van der Waals surface area contributed by atoms with Crippen LogP contribution < -0.4 is 10.2 Å². The van der Waals surface area contributed by atoms with E-state index in [9.17, 15) is 9.59 Å². The number of carbonyl (C=O) groups excluding carboxylic acids is 2. The van der Waals surface area contributed by atoms with E-state index in [-0.39, 0.29) is 0 Å². The second-order valence-electron chi connectivity index (χ2n) is 8.83. The standard InChI is InChI=1S/C31H22Br2ClN3O3/c1-2-18-6-5-8-24-27(23-7-3-4-9-25(23)34)29(36-28(18)24)30(38)37-35-17-20-16-22(33)14-15-26(20)40-31(39)19-10-12-21(32)13-11-19/h3-17,36H,2H2,1H3,(H,37,38). The zero-order valence-electron chi connectivity index (χ0n) is 21.2. The van der Waals surface area contributed by atoms with Crippen molar-refractivity contribution >= 4 is 72.5 Å². The Balaban J connectivity index is 1.44. The minimum absolute atomic E-state index is 0.295. The smallest absolute Gasteiger partial charge is 0.343 e. The largest absolute Gasteiger partial charge is 0.422 e. The molecule has 0 bridgehead atoms. The molecule has 9 heteroatoms. The fraction of sp³-hybridized carbons (Fsp3) is 0.0645. The molecule has 0 aliphatic carbocycles. The number of para-hydroxylation sites is 1. The maximum Gasteiger partial charge on any atom is 0.343 e. The van der Waals surface area contributed by atoms with Gasteiger partial charge in [-0.1, -0.05) is 86.8 Å². The number of carbonyl (C=O) groups is 2. The van der Waals surface area contributed by atoms with E-state index in [2.05, 4.69) is 54.3 Å². The summed E-state index contributed by atoms with van der Waals surface area (Å²) in [4.78, 5) is 29.4. The van der Waals surface area contributed by atoms with Gasteiger partial charge in [0, 0.05) is 41.6 Å². The molecule has 0 spiro atoms. The van der Waals surface area contributed by atoms with Gasteiger partial charge in [0.1, 0.15) is 11.4 Å². The predicted octanol–water partition coefficient (Wildman–Crippen LogP) is 8.56. The van der Waals surface area contributed by atoms with E-state index < -0.39 is 11.9 Å². The molecule has 6 nitrogen and oxygen atoms in total. The minimum atomic E-state index is -0.511. The van der Waals surface area contributed by atoms with E-state index in [1.165, 1.54) is 6.21 Å². The molecular formula is C31H22Br2ClN3O3. The molecule has 0 fully saturated rings. The maximum atomic E-state index is 13.5. The fourth-order valence-electron chi connectivity index (χ4n) is 4.36. The summed E-state index contributed by atoms with van der Waals surface area (Å²) in [5.41, 5.74) is 7.26. The van der Waals surface area contributed by atoms with Gasteiger partial charge in [0.25, 0.3) is 5.91 Å². The number of halogens is 3. The molecule has 40 heavy (non-hydrogen) atoms. The lowest BCUT2D eigenvalue weighted by Crippen LogP contribution is -2.19. The second-order valence-corrected chi connectivity index (χ2v) is 11.1. The lowest BCUT2D eigenvalue weighted by atomic mass is 9.99. The Morgan fingerprint density at radius 2 is 1.73 bits per heavy atom. The molecule has 1 heterocycles. The van der Waals surface area contributed by atoms with Crippen LogP contribution >= 0.6 is 43.5 Å². The van der Waals surface area contributed by atoms with Crippen LogP contribution in [0.25, 0.3) is 22.0 Å². The van der Waals surface area contributed by atoms with Gasteiger partial charge in [-0.25, -0.2) is 10.2 Å². The van der Waals surface area contributed by atoms with Crippen LogP contribution in [0.15, 0.2) is 99.0 Å². The molecular weight excluding hydrogens is 658 g/mol. The van der Waals surface area contributed by atoms with Crippen molar-refractivity contribution < 1.29 is 14.3 Å². The number of nitrogens with one attached hydrogen (secondary N) is 2. The van der Waals surface area contributed by atoms with Gasteiger partial charge in [-0.15, -0.1) is 0 Å². The summed E-state index contributed by atoms with van der Waals surface area (Å²) in [5, 5.41) is 5.62. The highest BCUT2D eigenvalue weighted by Gasteiger charge is 2.22. The normalized spacial score (nSPS) is 11.2. The molecule has 1 aromatic heterocycles. The van der Waals surface area contributed by atoms with Gasteiger partial charge in [0.05, 0.1) is 11.8 Å². The molecule has 5 aromatic rings. The third-order valence-corrected chi connectivity index (χ3v) is 7.65. The topological polar surface area (TPSA) is 83.5 Å². The van der Waals surface area contributed by atoms with E-state index in [4.69, 9.17) is 16.3 Å². The van der Waals surface area contributed by atoms with Crippen molar-refractivity contribution in [1.29, 1.82) is 0 Å². The van der Waals surface area contributed by atoms with Gasteiger partial charge in [0.15, 0.2) is 0 Å². The number of H-pyrrole nitrogens is 1. The van der Waals surface area contributed by atoms with Crippen LogP contribution in [0.5, 0.6) is 5.75 Å². The summed E-state index contributed by atoms with van der Waals surface area (Å²) in [6, 6.07) is 25.4. The van der Waals surface area contributed by atoms with E-state index >= 15 is 0 Å². The molecule has 4 aromatic carbocycles. The lowest BCUT2D eigenvalue weighted by Gasteiger charge is -2.09. The molecule has 5 rings (SSSR count). The van der Waals surface area contributed by atoms with Gasteiger partial charge < -0.3 is 9.72 Å². The Kier molecular flexibility index (Phi) is 8.49. The average Bonchev–Trinajstić information content (AvgIpc) is 3.34. The number of nitrogens with zero attached hydrogens (tertiary/aromatic N) is 1. The Bertz CT molecular complexity index is 1760.